The summed E-state index contributed by atoms with van der Waals surface area (Å²) in [5, 5.41) is 19.1. The van der Waals surface area contributed by atoms with Gasteiger partial charge >= 0.3 is 0 Å². The molecule has 0 atom stereocenters. The van der Waals surface area contributed by atoms with Crippen LogP contribution in [0, 0.1) is 11.3 Å². The van der Waals surface area contributed by atoms with E-state index in [-0.39, 0.29) is 23.7 Å². The minimum atomic E-state index is -1.31. The van der Waals surface area contributed by atoms with Gasteiger partial charge in [-0.2, -0.15) is 5.26 Å². The van der Waals surface area contributed by atoms with Crippen molar-refractivity contribution in [3.8, 4) is 17.6 Å². The molecular weight excluding hydrogens is 278 g/mol. The molecule has 0 aliphatic rings. The summed E-state index contributed by atoms with van der Waals surface area (Å²) >= 11 is 3.13. The van der Waals surface area contributed by atoms with E-state index >= 15 is 0 Å². The second kappa shape index (κ2) is 5.37. The Morgan fingerprint density at radius 2 is 2.31 bits per heavy atom. The lowest BCUT2D eigenvalue weighted by Crippen LogP contribution is -2.22. The van der Waals surface area contributed by atoms with Crippen molar-refractivity contribution in [2.45, 2.75) is 0 Å². The number of ether oxygens (including phenoxy) is 2. The van der Waals surface area contributed by atoms with Crippen LogP contribution in [0.25, 0.3) is 0 Å². The molecule has 0 radical (unpaired) electrons. The summed E-state index contributed by atoms with van der Waals surface area (Å²) in [6, 6.07) is 4.40. The number of carboxylic acid groups (broad SMARTS) is 1. The van der Waals surface area contributed by atoms with Gasteiger partial charge in [0.05, 0.1) is 17.6 Å². The van der Waals surface area contributed by atoms with Crippen LogP contribution in [0.15, 0.2) is 16.6 Å². The lowest BCUT2D eigenvalue weighted by Gasteiger charge is -2.12. The Balaban J connectivity index is 3.18. The van der Waals surface area contributed by atoms with Crippen LogP contribution in [0.3, 0.4) is 0 Å². The van der Waals surface area contributed by atoms with E-state index in [4.69, 9.17) is 14.7 Å². The standard InChI is InChI=1S/C10H8BrNO4/c1-15-8-5-6(10(13)14)4-7(11)9(8)16-3-2-12/h4-5H,3H2,1H3,(H,13,14)/p-1. The molecule has 0 bridgehead atoms. The van der Waals surface area contributed by atoms with Gasteiger partial charge in [0.1, 0.15) is 6.07 Å². The SMILES string of the molecule is COc1cc(C(=O)[O-])cc(Br)c1OCC#N. The first-order valence-corrected chi connectivity index (χ1v) is 4.98. The third-order valence-electron chi connectivity index (χ3n) is 1.75. The number of benzene rings is 1. The number of hydrogen-bond donors (Lipinski definition) is 0. The van der Waals surface area contributed by atoms with Crippen LogP contribution in [0.5, 0.6) is 11.5 Å². The topological polar surface area (TPSA) is 82.4 Å². The van der Waals surface area contributed by atoms with Crippen molar-refractivity contribution in [1.82, 2.24) is 0 Å². The van der Waals surface area contributed by atoms with Gasteiger partial charge < -0.3 is 19.4 Å². The van der Waals surface area contributed by atoms with Gasteiger partial charge in [-0.15, -0.1) is 0 Å². The van der Waals surface area contributed by atoms with Gasteiger partial charge in [-0.05, 0) is 28.1 Å². The fourth-order valence-corrected chi connectivity index (χ4v) is 1.64. The number of carbonyl (C=O) groups excluding carboxylic acids is 1. The molecule has 6 heteroatoms. The van der Waals surface area contributed by atoms with E-state index in [9.17, 15) is 9.90 Å². The highest BCUT2D eigenvalue weighted by Gasteiger charge is 2.11. The smallest absolute Gasteiger partial charge is 0.176 e. The lowest BCUT2D eigenvalue weighted by molar-refractivity contribution is -0.255. The number of aromatic carboxylic acids is 1. The Morgan fingerprint density at radius 3 is 2.81 bits per heavy atom. The molecular formula is C10H7BrNO4-. The molecule has 0 aliphatic heterocycles. The second-order valence-corrected chi connectivity index (χ2v) is 3.58. The quantitative estimate of drug-likeness (QED) is 0.814. The Bertz CT molecular complexity index is 453. The number of carbonyl (C=O) groups is 1. The molecule has 1 aromatic rings. The zero-order chi connectivity index (χ0) is 12.1. The van der Waals surface area contributed by atoms with Crippen LogP contribution in [-0.4, -0.2) is 19.7 Å². The summed E-state index contributed by atoms with van der Waals surface area (Å²) in [4.78, 5) is 10.7. The molecule has 0 unspecified atom stereocenters. The van der Waals surface area contributed by atoms with Crippen molar-refractivity contribution in [3.63, 3.8) is 0 Å². The van der Waals surface area contributed by atoms with E-state index in [1.165, 1.54) is 19.2 Å². The first-order chi connectivity index (χ1) is 7.60. The fourth-order valence-electron chi connectivity index (χ4n) is 1.08. The van der Waals surface area contributed by atoms with Gasteiger partial charge in [0, 0.05) is 5.56 Å². The highest BCUT2D eigenvalue weighted by atomic mass is 79.9. The van der Waals surface area contributed by atoms with Crippen molar-refractivity contribution >= 4 is 21.9 Å². The maximum absolute atomic E-state index is 10.7. The zero-order valence-corrected chi connectivity index (χ0v) is 9.91. The highest BCUT2D eigenvalue weighted by Crippen LogP contribution is 2.36. The average molecular weight is 285 g/mol. The molecule has 0 spiro atoms. The van der Waals surface area contributed by atoms with Gasteiger partial charge in [-0.25, -0.2) is 0 Å². The van der Waals surface area contributed by atoms with E-state index in [1.54, 1.807) is 6.07 Å². The number of nitrogens with zero attached hydrogens (tertiary/aromatic N) is 1. The lowest BCUT2D eigenvalue weighted by atomic mass is 10.2. The number of carboxylic acids is 1. The molecule has 0 aromatic heterocycles. The first-order valence-electron chi connectivity index (χ1n) is 4.18. The van der Waals surface area contributed by atoms with Crippen LogP contribution in [-0.2, 0) is 0 Å². The molecule has 16 heavy (non-hydrogen) atoms. The van der Waals surface area contributed by atoms with Crippen molar-refractivity contribution in [1.29, 1.82) is 5.26 Å². The largest absolute Gasteiger partial charge is 0.545 e. The normalized spacial score (nSPS) is 9.31. The summed E-state index contributed by atoms with van der Waals surface area (Å²) in [5.74, 6) is -0.802. The molecule has 0 saturated carbocycles. The zero-order valence-electron chi connectivity index (χ0n) is 8.32. The van der Waals surface area contributed by atoms with Crippen molar-refractivity contribution in [2.24, 2.45) is 0 Å². The summed E-state index contributed by atoms with van der Waals surface area (Å²) in [6.45, 7) is -0.153. The van der Waals surface area contributed by atoms with Crippen LogP contribution in [0.1, 0.15) is 10.4 Å². The summed E-state index contributed by atoms with van der Waals surface area (Å²) in [7, 11) is 1.38. The van der Waals surface area contributed by atoms with E-state index in [0.717, 1.165) is 0 Å². The van der Waals surface area contributed by atoms with Gasteiger partial charge in [0.2, 0.25) is 0 Å². The molecule has 0 heterocycles. The molecule has 5 nitrogen and oxygen atoms in total. The monoisotopic (exact) mass is 284 g/mol. The van der Waals surface area contributed by atoms with E-state index in [2.05, 4.69) is 15.9 Å². The fraction of sp³-hybridized carbons (Fsp3) is 0.200. The maximum Gasteiger partial charge on any atom is 0.176 e. The third-order valence-corrected chi connectivity index (χ3v) is 2.34. The Kier molecular flexibility index (Phi) is 4.14. The Morgan fingerprint density at radius 1 is 1.62 bits per heavy atom. The van der Waals surface area contributed by atoms with Gasteiger partial charge in [-0.1, -0.05) is 0 Å². The van der Waals surface area contributed by atoms with Crippen molar-refractivity contribution in [2.75, 3.05) is 13.7 Å². The molecule has 0 amide bonds. The number of rotatable bonds is 4. The average Bonchev–Trinajstić information content (AvgIpc) is 2.26. The van der Waals surface area contributed by atoms with E-state index < -0.39 is 5.97 Å². The van der Waals surface area contributed by atoms with Crippen LogP contribution in [0.2, 0.25) is 0 Å². The molecule has 0 fully saturated rings. The van der Waals surface area contributed by atoms with E-state index in [0.29, 0.717) is 4.47 Å². The molecule has 84 valence electrons. The molecule has 1 aromatic carbocycles. The number of methoxy groups -OCH3 is 1. The van der Waals surface area contributed by atoms with Crippen molar-refractivity contribution < 1.29 is 19.4 Å². The molecule has 0 aliphatic carbocycles. The predicted molar refractivity (Wildman–Crippen MR) is 56.1 cm³/mol. The van der Waals surface area contributed by atoms with Crippen LogP contribution in [0.4, 0.5) is 0 Å². The predicted octanol–water partition coefficient (Wildman–Crippen LogP) is 0.724. The van der Waals surface area contributed by atoms with Gasteiger partial charge in [0.15, 0.2) is 18.1 Å². The second-order valence-electron chi connectivity index (χ2n) is 2.72. The number of nitriles is 1. The summed E-state index contributed by atoms with van der Waals surface area (Å²) in [5.41, 5.74) is -0.0342. The summed E-state index contributed by atoms with van der Waals surface area (Å²) in [6.07, 6.45) is 0. The summed E-state index contributed by atoms with van der Waals surface area (Å²) < 4.78 is 10.4. The molecule has 0 saturated heterocycles. The number of halogens is 1. The van der Waals surface area contributed by atoms with Gasteiger partial charge in [0.25, 0.3) is 0 Å². The number of hydrogen-bond acceptors (Lipinski definition) is 5. The van der Waals surface area contributed by atoms with Crippen LogP contribution < -0.4 is 14.6 Å². The van der Waals surface area contributed by atoms with Crippen molar-refractivity contribution in [3.05, 3.63) is 22.2 Å². The van der Waals surface area contributed by atoms with E-state index in [1.807, 2.05) is 0 Å². The third kappa shape index (κ3) is 2.64. The maximum atomic E-state index is 10.7. The Hall–Kier alpha value is -1.74. The molecule has 0 N–H and O–H groups in total. The van der Waals surface area contributed by atoms with Crippen LogP contribution >= 0.6 is 15.9 Å². The highest BCUT2D eigenvalue weighted by molar-refractivity contribution is 9.10. The minimum Gasteiger partial charge on any atom is -0.545 e. The molecule has 1 rings (SSSR count). The Labute approximate surface area is 100 Å². The van der Waals surface area contributed by atoms with Gasteiger partial charge in [-0.3, -0.25) is 0 Å². The first kappa shape index (κ1) is 12.3. The minimum absolute atomic E-state index is 0.0342.